The van der Waals surface area contributed by atoms with Gasteiger partial charge >= 0.3 is 6.03 Å². The van der Waals surface area contributed by atoms with Crippen molar-refractivity contribution in [3.8, 4) is 0 Å². The Morgan fingerprint density at radius 3 is 2.57 bits per heavy atom. The number of benzene rings is 1. The van der Waals surface area contributed by atoms with Crippen LogP contribution in [0.3, 0.4) is 0 Å². The number of hydrogen-bond acceptors (Lipinski definition) is 4. The van der Waals surface area contributed by atoms with Gasteiger partial charge in [0.25, 0.3) is 0 Å². The lowest BCUT2D eigenvalue weighted by atomic mass is 10.2. The average molecular weight is 320 g/mol. The summed E-state index contributed by atoms with van der Waals surface area (Å²) in [7, 11) is 0. The summed E-state index contributed by atoms with van der Waals surface area (Å²) in [4.78, 5) is 24.0. The van der Waals surface area contributed by atoms with E-state index in [2.05, 4.69) is 21.3 Å². The van der Waals surface area contributed by atoms with Gasteiger partial charge in [-0.1, -0.05) is 12.1 Å². The van der Waals surface area contributed by atoms with Crippen LogP contribution < -0.4 is 21.3 Å². The molecule has 3 amide bonds. The Hall–Kier alpha value is -2.12. The standard InChI is InChI=1S/C16H24N4O3/c1-11(2)18-16(22)20-14-6-4-3-5-13(14)19-15(21)9-12-10-23-8-7-17-12/h3-6,11-12,17H,7-10H2,1-2H3,(H,19,21)(H2,18,20,22). The zero-order valence-corrected chi connectivity index (χ0v) is 13.5. The highest BCUT2D eigenvalue weighted by Crippen LogP contribution is 2.21. The Kier molecular flexibility index (Phi) is 6.37. The van der Waals surface area contributed by atoms with Crippen molar-refractivity contribution in [1.29, 1.82) is 0 Å². The molecule has 0 bridgehead atoms. The third-order valence-corrected chi connectivity index (χ3v) is 3.30. The van der Waals surface area contributed by atoms with Crippen molar-refractivity contribution in [1.82, 2.24) is 10.6 Å². The number of para-hydroxylation sites is 2. The van der Waals surface area contributed by atoms with E-state index in [1.807, 2.05) is 19.9 Å². The van der Waals surface area contributed by atoms with Crippen LogP contribution in [0.2, 0.25) is 0 Å². The van der Waals surface area contributed by atoms with Gasteiger partial charge in [-0.15, -0.1) is 0 Å². The molecule has 1 unspecified atom stereocenters. The van der Waals surface area contributed by atoms with E-state index in [1.54, 1.807) is 18.2 Å². The SMILES string of the molecule is CC(C)NC(=O)Nc1ccccc1NC(=O)CC1COCCN1. The van der Waals surface area contributed by atoms with Crippen LogP contribution in [-0.4, -0.2) is 43.8 Å². The van der Waals surface area contributed by atoms with E-state index in [0.29, 0.717) is 31.0 Å². The van der Waals surface area contributed by atoms with Crippen LogP contribution in [0.15, 0.2) is 24.3 Å². The van der Waals surface area contributed by atoms with Gasteiger partial charge in [0, 0.05) is 25.0 Å². The molecule has 1 atom stereocenters. The van der Waals surface area contributed by atoms with Crippen LogP contribution in [0.1, 0.15) is 20.3 Å². The summed E-state index contributed by atoms with van der Waals surface area (Å²) in [5.74, 6) is -0.119. The summed E-state index contributed by atoms with van der Waals surface area (Å²) in [5, 5.41) is 11.6. The lowest BCUT2D eigenvalue weighted by molar-refractivity contribution is -0.117. The Morgan fingerprint density at radius 1 is 1.26 bits per heavy atom. The van der Waals surface area contributed by atoms with Crippen LogP contribution in [0.25, 0.3) is 0 Å². The second-order valence-corrected chi connectivity index (χ2v) is 5.78. The maximum absolute atomic E-state index is 12.2. The first-order valence-electron chi connectivity index (χ1n) is 7.82. The van der Waals surface area contributed by atoms with E-state index >= 15 is 0 Å². The third-order valence-electron chi connectivity index (χ3n) is 3.30. The highest BCUT2D eigenvalue weighted by Gasteiger charge is 2.17. The van der Waals surface area contributed by atoms with Gasteiger partial charge in [0.1, 0.15) is 0 Å². The molecule has 0 radical (unpaired) electrons. The minimum absolute atomic E-state index is 0.0214. The number of nitrogens with one attached hydrogen (secondary N) is 4. The van der Waals surface area contributed by atoms with Crippen molar-refractivity contribution in [2.24, 2.45) is 0 Å². The average Bonchev–Trinajstić information content (AvgIpc) is 2.49. The topological polar surface area (TPSA) is 91.5 Å². The Labute approximate surface area is 136 Å². The molecule has 126 valence electrons. The first-order valence-corrected chi connectivity index (χ1v) is 7.82. The zero-order chi connectivity index (χ0) is 16.7. The molecule has 1 aliphatic heterocycles. The molecule has 1 heterocycles. The molecule has 1 aromatic carbocycles. The molecule has 1 aromatic rings. The molecule has 0 spiro atoms. The van der Waals surface area contributed by atoms with Gasteiger partial charge in [0.15, 0.2) is 0 Å². The van der Waals surface area contributed by atoms with Gasteiger partial charge in [-0.3, -0.25) is 4.79 Å². The fourth-order valence-electron chi connectivity index (χ4n) is 2.30. The highest BCUT2D eigenvalue weighted by atomic mass is 16.5. The summed E-state index contributed by atoms with van der Waals surface area (Å²) in [6.07, 6.45) is 0.326. The van der Waals surface area contributed by atoms with Crippen molar-refractivity contribution in [3.05, 3.63) is 24.3 Å². The number of rotatable bonds is 5. The maximum Gasteiger partial charge on any atom is 0.319 e. The van der Waals surface area contributed by atoms with E-state index in [9.17, 15) is 9.59 Å². The summed E-state index contributed by atoms with van der Waals surface area (Å²) >= 11 is 0. The van der Waals surface area contributed by atoms with Crippen molar-refractivity contribution < 1.29 is 14.3 Å². The van der Waals surface area contributed by atoms with Crippen LogP contribution in [0, 0.1) is 0 Å². The predicted molar refractivity (Wildman–Crippen MR) is 89.6 cm³/mol. The van der Waals surface area contributed by atoms with Crippen LogP contribution in [0.5, 0.6) is 0 Å². The van der Waals surface area contributed by atoms with Crippen molar-refractivity contribution in [2.45, 2.75) is 32.4 Å². The summed E-state index contributed by atoms with van der Waals surface area (Å²) in [6.45, 7) is 5.73. The van der Waals surface area contributed by atoms with Gasteiger partial charge in [-0.2, -0.15) is 0 Å². The number of morpholine rings is 1. The molecule has 1 saturated heterocycles. The molecule has 0 aliphatic carbocycles. The van der Waals surface area contributed by atoms with Crippen LogP contribution >= 0.6 is 0 Å². The molecule has 0 aromatic heterocycles. The summed E-state index contributed by atoms with van der Waals surface area (Å²) < 4.78 is 5.34. The lowest BCUT2D eigenvalue weighted by Crippen LogP contribution is -2.43. The molecule has 2 rings (SSSR count). The van der Waals surface area contributed by atoms with Gasteiger partial charge < -0.3 is 26.0 Å². The minimum atomic E-state index is -0.302. The Bertz CT molecular complexity index is 542. The molecule has 1 fully saturated rings. The quantitative estimate of drug-likeness (QED) is 0.662. The van der Waals surface area contributed by atoms with Gasteiger partial charge in [0.05, 0.1) is 24.6 Å². The first kappa shape index (κ1) is 17.2. The Morgan fingerprint density at radius 2 is 1.96 bits per heavy atom. The van der Waals surface area contributed by atoms with Crippen molar-refractivity contribution in [3.63, 3.8) is 0 Å². The lowest BCUT2D eigenvalue weighted by Gasteiger charge is -2.23. The van der Waals surface area contributed by atoms with E-state index in [0.717, 1.165) is 6.54 Å². The minimum Gasteiger partial charge on any atom is -0.378 e. The van der Waals surface area contributed by atoms with Crippen LogP contribution in [0.4, 0.5) is 16.2 Å². The Balaban J connectivity index is 1.93. The smallest absolute Gasteiger partial charge is 0.319 e. The van der Waals surface area contributed by atoms with E-state index in [4.69, 9.17) is 4.74 Å². The second-order valence-electron chi connectivity index (χ2n) is 5.78. The molecule has 7 nitrogen and oxygen atoms in total. The monoisotopic (exact) mass is 320 g/mol. The predicted octanol–water partition coefficient (Wildman–Crippen LogP) is 1.53. The molecule has 23 heavy (non-hydrogen) atoms. The van der Waals surface area contributed by atoms with E-state index in [-0.39, 0.29) is 24.0 Å². The molecular weight excluding hydrogens is 296 g/mol. The van der Waals surface area contributed by atoms with Crippen LogP contribution in [-0.2, 0) is 9.53 Å². The number of carbonyl (C=O) groups excluding carboxylic acids is 2. The van der Waals surface area contributed by atoms with E-state index < -0.39 is 0 Å². The molecule has 1 aliphatic rings. The zero-order valence-electron chi connectivity index (χ0n) is 13.5. The molecule has 7 heteroatoms. The molecule has 4 N–H and O–H groups in total. The summed E-state index contributed by atoms with van der Waals surface area (Å²) in [5.41, 5.74) is 1.14. The number of amides is 3. The largest absolute Gasteiger partial charge is 0.378 e. The van der Waals surface area contributed by atoms with Crippen molar-refractivity contribution >= 4 is 23.3 Å². The van der Waals surface area contributed by atoms with Gasteiger partial charge in [-0.05, 0) is 26.0 Å². The maximum atomic E-state index is 12.2. The second kappa shape index (κ2) is 8.50. The number of carbonyl (C=O) groups is 2. The number of urea groups is 1. The van der Waals surface area contributed by atoms with Gasteiger partial charge in [0.2, 0.25) is 5.91 Å². The van der Waals surface area contributed by atoms with Crippen molar-refractivity contribution in [2.75, 3.05) is 30.4 Å². The fourth-order valence-corrected chi connectivity index (χ4v) is 2.30. The normalized spacial score (nSPS) is 17.6. The van der Waals surface area contributed by atoms with E-state index in [1.165, 1.54) is 0 Å². The number of ether oxygens (including phenoxy) is 1. The fraction of sp³-hybridized carbons (Fsp3) is 0.500. The summed E-state index contributed by atoms with van der Waals surface area (Å²) in [6, 6.07) is 6.87. The third kappa shape index (κ3) is 5.88. The molecular formula is C16H24N4O3. The first-order chi connectivity index (χ1) is 11.0. The highest BCUT2D eigenvalue weighted by molar-refractivity contribution is 5.99. The number of anilines is 2. The number of hydrogen-bond donors (Lipinski definition) is 4. The van der Waals surface area contributed by atoms with Gasteiger partial charge in [-0.25, -0.2) is 4.79 Å². The molecule has 0 saturated carbocycles.